The van der Waals surface area contributed by atoms with Gasteiger partial charge in [0.1, 0.15) is 0 Å². The minimum Gasteiger partial charge on any atom is -0.469 e. The Morgan fingerprint density at radius 1 is 1.04 bits per heavy atom. The lowest BCUT2D eigenvalue weighted by Crippen LogP contribution is -2.22. The van der Waals surface area contributed by atoms with Crippen molar-refractivity contribution in [1.82, 2.24) is 5.32 Å². The van der Waals surface area contributed by atoms with Crippen LogP contribution in [0.1, 0.15) is 31.2 Å². The number of carbonyl (C=O) groups excluding carboxylic acids is 2. The van der Waals surface area contributed by atoms with Gasteiger partial charge in [-0.25, -0.2) is 0 Å². The van der Waals surface area contributed by atoms with E-state index in [-0.39, 0.29) is 11.9 Å². The number of benzene rings is 2. The number of ether oxygens (including phenoxy) is 1. The number of methoxy groups -OCH3 is 1. The SMILES string of the molecule is COC(=O)CCCCCNC(=O)/C=C/c1ccc2ccccc2c1. The molecule has 0 saturated carbocycles. The van der Waals surface area contributed by atoms with Crippen LogP contribution < -0.4 is 5.32 Å². The van der Waals surface area contributed by atoms with Gasteiger partial charge in [0.05, 0.1) is 7.11 Å². The van der Waals surface area contributed by atoms with Crippen LogP contribution in [0, 0.1) is 0 Å². The van der Waals surface area contributed by atoms with E-state index in [1.54, 1.807) is 6.08 Å². The molecular weight excluding hydrogens is 302 g/mol. The van der Waals surface area contributed by atoms with Crippen molar-refractivity contribution in [3.05, 3.63) is 54.1 Å². The molecule has 2 aromatic rings. The lowest BCUT2D eigenvalue weighted by Gasteiger charge is -2.02. The van der Waals surface area contributed by atoms with E-state index >= 15 is 0 Å². The highest BCUT2D eigenvalue weighted by molar-refractivity contribution is 5.92. The topological polar surface area (TPSA) is 55.4 Å². The van der Waals surface area contributed by atoms with Crippen molar-refractivity contribution in [1.29, 1.82) is 0 Å². The Morgan fingerprint density at radius 3 is 2.62 bits per heavy atom. The minimum absolute atomic E-state index is 0.101. The van der Waals surface area contributed by atoms with E-state index in [1.165, 1.54) is 12.5 Å². The van der Waals surface area contributed by atoms with Crippen LogP contribution in [0.15, 0.2) is 48.5 Å². The summed E-state index contributed by atoms with van der Waals surface area (Å²) in [6.07, 6.45) is 6.34. The summed E-state index contributed by atoms with van der Waals surface area (Å²) < 4.78 is 4.58. The molecule has 126 valence electrons. The molecule has 0 unspecified atom stereocenters. The van der Waals surface area contributed by atoms with Crippen molar-refractivity contribution in [3.63, 3.8) is 0 Å². The van der Waals surface area contributed by atoms with Gasteiger partial charge in [-0.1, -0.05) is 42.8 Å². The molecular formula is C20H23NO3. The van der Waals surface area contributed by atoms with E-state index in [2.05, 4.69) is 28.3 Å². The summed E-state index contributed by atoms with van der Waals surface area (Å²) in [6.45, 7) is 0.613. The molecule has 0 aromatic heterocycles. The molecule has 2 rings (SSSR count). The second kappa shape index (κ2) is 9.50. The lowest BCUT2D eigenvalue weighted by molar-refractivity contribution is -0.140. The number of nitrogens with one attached hydrogen (secondary N) is 1. The van der Waals surface area contributed by atoms with Gasteiger partial charge in [0.25, 0.3) is 0 Å². The van der Waals surface area contributed by atoms with Gasteiger partial charge in [-0.3, -0.25) is 9.59 Å². The molecule has 4 heteroatoms. The summed E-state index contributed by atoms with van der Waals surface area (Å²) in [5.41, 5.74) is 1.00. The standard InChI is InChI=1S/C20H23NO3/c1-24-20(23)9-3-2-6-14-21-19(22)13-11-16-10-12-17-7-4-5-8-18(17)15-16/h4-5,7-8,10-13,15H,2-3,6,9,14H2,1H3,(H,21,22)/b13-11+. The second-order valence-electron chi connectivity index (χ2n) is 5.62. The second-order valence-corrected chi connectivity index (χ2v) is 5.62. The molecule has 0 heterocycles. The highest BCUT2D eigenvalue weighted by atomic mass is 16.5. The van der Waals surface area contributed by atoms with Gasteiger partial charge in [-0.15, -0.1) is 0 Å². The molecule has 0 radical (unpaired) electrons. The molecule has 4 nitrogen and oxygen atoms in total. The number of fused-ring (bicyclic) bond motifs is 1. The maximum atomic E-state index is 11.8. The van der Waals surface area contributed by atoms with Crippen LogP contribution in [0.4, 0.5) is 0 Å². The smallest absolute Gasteiger partial charge is 0.305 e. The van der Waals surface area contributed by atoms with Crippen LogP contribution in [0.25, 0.3) is 16.8 Å². The van der Waals surface area contributed by atoms with Gasteiger partial charge in [-0.2, -0.15) is 0 Å². The molecule has 0 aliphatic rings. The summed E-state index contributed by atoms with van der Waals surface area (Å²) in [5, 5.41) is 5.19. The predicted octanol–water partition coefficient (Wildman–Crippen LogP) is 3.70. The van der Waals surface area contributed by atoms with Crippen molar-refractivity contribution < 1.29 is 14.3 Å². The molecule has 1 N–H and O–H groups in total. The van der Waals surface area contributed by atoms with E-state index in [9.17, 15) is 9.59 Å². The maximum absolute atomic E-state index is 11.8. The molecule has 1 amide bonds. The Bertz CT molecular complexity index is 722. The van der Waals surface area contributed by atoms with Crippen LogP contribution in [0.3, 0.4) is 0 Å². The molecule has 2 aromatic carbocycles. The summed E-state index contributed by atoms with van der Waals surface area (Å²) in [4.78, 5) is 22.7. The first-order valence-corrected chi connectivity index (χ1v) is 8.20. The van der Waals surface area contributed by atoms with Crippen LogP contribution in [-0.4, -0.2) is 25.5 Å². The van der Waals surface area contributed by atoms with Crippen molar-refractivity contribution in [2.24, 2.45) is 0 Å². The number of esters is 1. The Morgan fingerprint density at radius 2 is 1.83 bits per heavy atom. The van der Waals surface area contributed by atoms with Crippen molar-refractivity contribution in [2.45, 2.75) is 25.7 Å². The number of carbonyl (C=O) groups is 2. The first-order chi connectivity index (χ1) is 11.7. The normalized spacial score (nSPS) is 10.9. The van der Waals surface area contributed by atoms with Gasteiger partial charge in [0.15, 0.2) is 0 Å². The number of hydrogen-bond donors (Lipinski definition) is 1. The summed E-state index contributed by atoms with van der Waals surface area (Å²) in [5.74, 6) is -0.284. The van der Waals surface area contributed by atoms with Gasteiger partial charge >= 0.3 is 5.97 Å². The molecule has 24 heavy (non-hydrogen) atoms. The largest absolute Gasteiger partial charge is 0.469 e. The molecule has 0 fully saturated rings. The minimum atomic E-state index is -0.183. The average Bonchev–Trinajstić information content (AvgIpc) is 2.62. The van der Waals surface area contributed by atoms with Gasteiger partial charge < -0.3 is 10.1 Å². The average molecular weight is 325 g/mol. The zero-order valence-corrected chi connectivity index (χ0v) is 14.0. The predicted molar refractivity (Wildman–Crippen MR) is 96.5 cm³/mol. The monoisotopic (exact) mass is 325 g/mol. The third-order valence-electron chi connectivity index (χ3n) is 3.79. The first-order valence-electron chi connectivity index (χ1n) is 8.20. The Hall–Kier alpha value is -2.62. The first kappa shape index (κ1) is 17.7. The Balaban J connectivity index is 1.71. The van der Waals surface area contributed by atoms with Crippen LogP contribution in [0.5, 0.6) is 0 Å². The molecule has 0 saturated heterocycles. The number of unbranched alkanes of at least 4 members (excludes halogenated alkanes) is 2. The van der Waals surface area contributed by atoms with E-state index in [1.807, 2.05) is 30.3 Å². The highest BCUT2D eigenvalue weighted by Crippen LogP contribution is 2.16. The van der Waals surface area contributed by atoms with Gasteiger partial charge in [0, 0.05) is 19.0 Å². The highest BCUT2D eigenvalue weighted by Gasteiger charge is 2.00. The maximum Gasteiger partial charge on any atom is 0.305 e. The number of amides is 1. The van der Waals surface area contributed by atoms with Crippen LogP contribution in [-0.2, 0) is 14.3 Å². The number of rotatable bonds is 8. The lowest BCUT2D eigenvalue weighted by atomic mass is 10.1. The summed E-state index contributed by atoms with van der Waals surface area (Å²) in [6, 6.07) is 14.2. The van der Waals surface area contributed by atoms with Crippen molar-refractivity contribution >= 4 is 28.7 Å². The Labute approximate surface area is 142 Å². The fraction of sp³-hybridized carbons (Fsp3) is 0.300. The van der Waals surface area contributed by atoms with Crippen LogP contribution in [0.2, 0.25) is 0 Å². The van der Waals surface area contributed by atoms with E-state index in [0.29, 0.717) is 13.0 Å². The van der Waals surface area contributed by atoms with Gasteiger partial charge in [0.2, 0.25) is 5.91 Å². The third-order valence-corrected chi connectivity index (χ3v) is 3.79. The van der Waals surface area contributed by atoms with E-state index < -0.39 is 0 Å². The molecule has 0 atom stereocenters. The zero-order chi connectivity index (χ0) is 17.2. The third kappa shape index (κ3) is 5.88. The van der Waals surface area contributed by atoms with Crippen LogP contribution >= 0.6 is 0 Å². The summed E-state index contributed by atoms with van der Waals surface area (Å²) >= 11 is 0. The van der Waals surface area contributed by atoms with Gasteiger partial charge in [-0.05, 0) is 41.3 Å². The zero-order valence-electron chi connectivity index (χ0n) is 14.0. The fourth-order valence-corrected chi connectivity index (χ4v) is 2.43. The molecule has 0 spiro atoms. The fourth-order valence-electron chi connectivity index (χ4n) is 2.43. The summed E-state index contributed by atoms with van der Waals surface area (Å²) in [7, 11) is 1.39. The molecule has 0 bridgehead atoms. The van der Waals surface area contributed by atoms with E-state index in [4.69, 9.17) is 0 Å². The molecule has 0 aliphatic heterocycles. The van der Waals surface area contributed by atoms with E-state index in [0.717, 1.165) is 30.2 Å². The van der Waals surface area contributed by atoms with Crippen molar-refractivity contribution in [2.75, 3.05) is 13.7 Å². The quantitative estimate of drug-likeness (QED) is 0.457. The van der Waals surface area contributed by atoms with Crippen molar-refractivity contribution in [3.8, 4) is 0 Å². The molecule has 0 aliphatic carbocycles. The number of hydrogen-bond acceptors (Lipinski definition) is 3. The Kier molecular flexibility index (Phi) is 7.02.